The Morgan fingerprint density at radius 3 is 2.60 bits per heavy atom. The summed E-state index contributed by atoms with van der Waals surface area (Å²) in [7, 11) is 1.32. The lowest BCUT2D eigenvalue weighted by atomic mass is 9.75. The summed E-state index contributed by atoms with van der Waals surface area (Å²) in [5.41, 5.74) is 3.66. The Morgan fingerprint density at radius 1 is 1.23 bits per heavy atom. The summed E-state index contributed by atoms with van der Waals surface area (Å²) < 4.78 is 10.4. The van der Waals surface area contributed by atoms with Crippen molar-refractivity contribution in [2.75, 3.05) is 20.2 Å². The van der Waals surface area contributed by atoms with Crippen LogP contribution in [-0.2, 0) is 17.8 Å². The third-order valence-corrected chi connectivity index (χ3v) is 5.50. The zero-order chi connectivity index (χ0) is 21.9. The molecule has 7 heteroatoms. The smallest absolute Gasteiger partial charge is 0.407 e. The van der Waals surface area contributed by atoms with Crippen molar-refractivity contribution >= 4 is 12.1 Å². The molecule has 1 aliphatic rings. The van der Waals surface area contributed by atoms with Gasteiger partial charge in [0.25, 0.3) is 0 Å². The predicted octanol–water partition coefficient (Wildman–Crippen LogP) is 4.11. The van der Waals surface area contributed by atoms with Crippen LogP contribution < -0.4 is 4.74 Å². The Kier molecular flexibility index (Phi) is 6.29. The first kappa shape index (κ1) is 21.6. The van der Waals surface area contributed by atoms with Crippen LogP contribution in [0.15, 0.2) is 36.5 Å². The van der Waals surface area contributed by atoms with E-state index in [2.05, 4.69) is 42.6 Å². The average Bonchev–Trinajstić information content (AvgIpc) is 2.91. The van der Waals surface area contributed by atoms with E-state index in [1.807, 2.05) is 6.07 Å². The first-order chi connectivity index (χ1) is 14.2. The maximum atomic E-state index is 11.6. The number of ether oxygens (including phenoxy) is 2. The standard InChI is InChI=1S/C23H28N2O5/c1-23(2,3)19-13-25(22(27)28)10-9-16-11-15(5-7-18(16)19)14-30-20-8-6-17(12-24-20)21(26)29-4/h5-8,11-12,19H,9-10,13-14H2,1-4H3,(H,27,28). The number of fused-ring (bicyclic) bond motifs is 1. The number of hydrogen-bond donors (Lipinski definition) is 1. The topological polar surface area (TPSA) is 89.0 Å². The number of pyridine rings is 1. The van der Waals surface area contributed by atoms with E-state index in [0.29, 0.717) is 37.6 Å². The maximum Gasteiger partial charge on any atom is 0.407 e. The van der Waals surface area contributed by atoms with Gasteiger partial charge in [-0.3, -0.25) is 0 Å². The van der Waals surface area contributed by atoms with E-state index in [0.717, 1.165) is 11.1 Å². The van der Waals surface area contributed by atoms with Crippen molar-refractivity contribution in [3.05, 3.63) is 58.8 Å². The van der Waals surface area contributed by atoms with Gasteiger partial charge in [0, 0.05) is 31.3 Å². The van der Waals surface area contributed by atoms with E-state index in [-0.39, 0.29) is 11.3 Å². The number of rotatable bonds is 4. The number of esters is 1. The van der Waals surface area contributed by atoms with E-state index in [9.17, 15) is 14.7 Å². The van der Waals surface area contributed by atoms with E-state index in [4.69, 9.17) is 4.74 Å². The van der Waals surface area contributed by atoms with Crippen molar-refractivity contribution in [3.8, 4) is 5.88 Å². The summed E-state index contributed by atoms with van der Waals surface area (Å²) in [5.74, 6) is 0.0967. The summed E-state index contributed by atoms with van der Waals surface area (Å²) in [6.45, 7) is 7.75. The molecule has 1 atom stereocenters. The van der Waals surface area contributed by atoms with Gasteiger partial charge in [0.05, 0.1) is 12.7 Å². The zero-order valence-corrected chi connectivity index (χ0v) is 17.8. The minimum absolute atomic E-state index is 0.0594. The largest absolute Gasteiger partial charge is 0.473 e. The second-order valence-corrected chi connectivity index (χ2v) is 8.60. The van der Waals surface area contributed by atoms with E-state index in [1.54, 1.807) is 12.1 Å². The van der Waals surface area contributed by atoms with Gasteiger partial charge in [-0.25, -0.2) is 14.6 Å². The first-order valence-corrected chi connectivity index (χ1v) is 9.95. The molecule has 0 bridgehead atoms. The van der Waals surface area contributed by atoms with Gasteiger partial charge in [0.15, 0.2) is 0 Å². The first-order valence-electron chi connectivity index (χ1n) is 9.95. The Labute approximate surface area is 176 Å². The molecule has 7 nitrogen and oxygen atoms in total. The van der Waals surface area contributed by atoms with Gasteiger partial charge < -0.3 is 19.5 Å². The Balaban J connectivity index is 1.77. The van der Waals surface area contributed by atoms with Crippen LogP contribution in [0.1, 0.15) is 53.7 Å². The number of aromatic nitrogens is 1. The van der Waals surface area contributed by atoms with E-state index < -0.39 is 12.1 Å². The molecule has 1 aromatic heterocycles. The molecule has 0 aliphatic carbocycles. The normalized spacial score (nSPS) is 16.4. The summed E-state index contributed by atoms with van der Waals surface area (Å²) >= 11 is 0. The molecule has 1 amide bonds. The molecule has 0 saturated heterocycles. The molecule has 3 rings (SSSR count). The van der Waals surface area contributed by atoms with Crippen molar-refractivity contribution in [2.45, 2.75) is 39.7 Å². The van der Waals surface area contributed by atoms with Crippen molar-refractivity contribution in [1.29, 1.82) is 0 Å². The molecule has 1 unspecified atom stereocenters. The number of amides is 1. The monoisotopic (exact) mass is 412 g/mol. The van der Waals surface area contributed by atoms with Gasteiger partial charge in [0.1, 0.15) is 6.61 Å². The second-order valence-electron chi connectivity index (χ2n) is 8.60. The lowest BCUT2D eigenvalue weighted by Gasteiger charge is -2.33. The number of carbonyl (C=O) groups excluding carboxylic acids is 1. The molecule has 2 aromatic rings. The predicted molar refractivity (Wildman–Crippen MR) is 112 cm³/mol. The highest BCUT2D eigenvalue weighted by Gasteiger charge is 2.33. The molecule has 30 heavy (non-hydrogen) atoms. The highest BCUT2D eigenvalue weighted by Crippen LogP contribution is 2.39. The van der Waals surface area contributed by atoms with Crippen LogP contribution in [0.2, 0.25) is 0 Å². The van der Waals surface area contributed by atoms with Gasteiger partial charge >= 0.3 is 12.1 Å². The Hall–Kier alpha value is -3.09. The van der Waals surface area contributed by atoms with Gasteiger partial charge in [-0.2, -0.15) is 0 Å². The lowest BCUT2D eigenvalue weighted by molar-refractivity contribution is 0.0600. The fraction of sp³-hybridized carbons (Fsp3) is 0.435. The minimum atomic E-state index is -0.873. The summed E-state index contributed by atoms with van der Waals surface area (Å²) in [6.07, 6.45) is 1.22. The number of benzene rings is 1. The van der Waals surface area contributed by atoms with Crippen LogP contribution in [0.25, 0.3) is 0 Å². The molecule has 160 valence electrons. The Morgan fingerprint density at radius 2 is 2.00 bits per heavy atom. The molecular weight excluding hydrogens is 384 g/mol. The van der Waals surface area contributed by atoms with Crippen molar-refractivity contribution < 1.29 is 24.2 Å². The average molecular weight is 412 g/mol. The molecule has 2 heterocycles. The Bertz CT molecular complexity index is 918. The van der Waals surface area contributed by atoms with Gasteiger partial charge in [-0.15, -0.1) is 0 Å². The molecule has 1 aliphatic heterocycles. The second kappa shape index (κ2) is 8.73. The van der Waals surface area contributed by atoms with E-state index in [1.165, 1.54) is 23.8 Å². The zero-order valence-electron chi connectivity index (χ0n) is 17.8. The van der Waals surface area contributed by atoms with Crippen LogP contribution in [-0.4, -0.2) is 47.3 Å². The number of methoxy groups -OCH3 is 1. The summed E-state index contributed by atoms with van der Waals surface area (Å²) in [4.78, 5) is 28.8. The molecule has 1 aromatic carbocycles. The van der Waals surface area contributed by atoms with Gasteiger partial charge in [0.2, 0.25) is 5.88 Å². The number of carboxylic acid groups (broad SMARTS) is 1. The third kappa shape index (κ3) is 4.90. The highest BCUT2D eigenvalue weighted by molar-refractivity contribution is 5.88. The van der Waals surface area contributed by atoms with Crippen LogP contribution >= 0.6 is 0 Å². The van der Waals surface area contributed by atoms with E-state index >= 15 is 0 Å². The van der Waals surface area contributed by atoms with Crippen LogP contribution in [0, 0.1) is 5.41 Å². The lowest BCUT2D eigenvalue weighted by Crippen LogP contribution is -2.36. The highest BCUT2D eigenvalue weighted by atomic mass is 16.5. The van der Waals surface area contributed by atoms with Crippen LogP contribution in [0.3, 0.4) is 0 Å². The molecule has 0 spiro atoms. The maximum absolute atomic E-state index is 11.6. The number of nitrogens with zero attached hydrogens (tertiary/aromatic N) is 2. The van der Waals surface area contributed by atoms with Crippen molar-refractivity contribution in [1.82, 2.24) is 9.88 Å². The SMILES string of the molecule is COC(=O)c1ccc(OCc2ccc3c(c2)CCN(C(=O)O)CC3C(C)(C)C)nc1. The van der Waals surface area contributed by atoms with Gasteiger partial charge in [-0.1, -0.05) is 39.0 Å². The molecule has 0 fully saturated rings. The fourth-order valence-corrected chi connectivity index (χ4v) is 3.75. The summed E-state index contributed by atoms with van der Waals surface area (Å²) in [6, 6.07) is 9.47. The van der Waals surface area contributed by atoms with Crippen molar-refractivity contribution in [2.24, 2.45) is 5.41 Å². The number of carbonyl (C=O) groups is 2. The molecule has 0 saturated carbocycles. The van der Waals surface area contributed by atoms with Crippen LogP contribution in [0.4, 0.5) is 4.79 Å². The van der Waals surface area contributed by atoms with Crippen LogP contribution in [0.5, 0.6) is 5.88 Å². The quantitative estimate of drug-likeness (QED) is 0.760. The molecule has 0 radical (unpaired) electrons. The molecule has 1 N–H and O–H groups in total. The summed E-state index contributed by atoms with van der Waals surface area (Å²) in [5, 5.41) is 9.53. The minimum Gasteiger partial charge on any atom is -0.473 e. The van der Waals surface area contributed by atoms with Crippen molar-refractivity contribution in [3.63, 3.8) is 0 Å². The number of hydrogen-bond acceptors (Lipinski definition) is 5. The third-order valence-electron chi connectivity index (χ3n) is 5.50. The molecular formula is C23H28N2O5. The van der Waals surface area contributed by atoms with Gasteiger partial charge in [-0.05, 0) is 34.6 Å². The fourth-order valence-electron chi connectivity index (χ4n) is 3.75.